The Labute approximate surface area is 180 Å². The van der Waals surface area contributed by atoms with E-state index >= 15 is 0 Å². The van der Waals surface area contributed by atoms with Gasteiger partial charge in [-0.1, -0.05) is 35.3 Å². The number of fused-ring (bicyclic) bond motifs is 1. The van der Waals surface area contributed by atoms with Crippen LogP contribution in [0.3, 0.4) is 0 Å². The third-order valence-corrected chi connectivity index (χ3v) is 5.91. The molecule has 2 heterocycles. The first-order valence-electron chi connectivity index (χ1n) is 10.1. The second kappa shape index (κ2) is 7.98. The van der Waals surface area contributed by atoms with Gasteiger partial charge in [0.25, 0.3) is 0 Å². The van der Waals surface area contributed by atoms with Crippen molar-refractivity contribution in [3.8, 4) is 0 Å². The zero-order valence-corrected chi connectivity index (χ0v) is 17.6. The van der Waals surface area contributed by atoms with E-state index in [2.05, 4.69) is 15.1 Å². The summed E-state index contributed by atoms with van der Waals surface area (Å²) in [4.78, 5) is 14.6. The lowest BCUT2D eigenvalue weighted by atomic mass is 10.2. The van der Waals surface area contributed by atoms with Gasteiger partial charge in [-0.05, 0) is 48.7 Å². The van der Waals surface area contributed by atoms with Gasteiger partial charge in [-0.3, -0.25) is 4.90 Å². The van der Waals surface area contributed by atoms with Gasteiger partial charge >= 0.3 is 0 Å². The van der Waals surface area contributed by atoms with Crippen LogP contribution in [0.1, 0.15) is 18.4 Å². The van der Waals surface area contributed by atoms with E-state index in [1.807, 2.05) is 36.4 Å². The molecule has 2 aliphatic rings. The Bertz CT molecular complexity index is 1010. The molecular weight excluding hydrogens is 405 g/mol. The third-order valence-electron chi connectivity index (χ3n) is 5.47. The lowest BCUT2D eigenvalue weighted by Gasteiger charge is -2.36. The number of anilines is 2. The van der Waals surface area contributed by atoms with E-state index in [9.17, 15) is 0 Å². The zero-order chi connectivity index (χ0) is 19.8. The highest BCUT2D eigenvalue weighted by Crippen LogP contribution is 2.31. The molecule has 5 rings (SSSR count). The van der Waals surface area contributed by atoms with E-state index in [4.69, 9.17) is 33.2 Å². The first kappa shape index (κ1) is 18.9. The number of nitrogens with one attached hydrogen (secondary N) is 1. The van der Waals surface area contributed by atoms with Gasteiger partial charge in [0.2, 0.25) is 0 Å². The summed E-state index contributed by atoms with van der Waals surface area (Å²) in [7, 11) is 0. The summed E-state index contributed by atoms with van der Waals surface area (Å²) in [6, 6.07) is 14.4. The fraction of sp³-hybridized carbons (Fsp3) is 0.364. The molecule has 1 aromatic heterocycles. The highest BCUT2D eigenvalue weighted by Gasteiger charge is 2.26. The van der Waals surface area contributed by atoms with Crippen LogP contribution in [0.25, 0.3) is 11.0 Å². The summed E-state index contributed by atoms with van der Waals surface area (Å²) in [6.07, 6.45) is 2.42. The van der Waals surface area contributed by atoms with E-state index < -0.39 is 0 Å². The Balaban J connectivity index is 1.32. The largest absolute Gasteiger partial charge is 0.364 e. The topological polar surface area (TPSA) is 44.3 Å². The molecule has 1 saturated carbocycles. The molecule has 1 N–H and O–H groups in total. The van der Waals surface area contributed by atoms with Crippen molar-refractivity contribution in [3.05, 3.63) is 58.1 Å². The van der Waals surface area contributed by atoms with Gasteiger partial charge in [0.15, 0.2) is 11.6 Å². The number of para-hydroxylation sites is 2. The number of benzene rings is 2. The van der Waals surface area contributed by atoms with Gasteiger partial charge in [-0.25, -0.2) is 9.97 Å². The summed E-state index contributed by atoms with van der Waals surface area (Å²) in [5.74, 6) is 1.89. The lowest BCUT2D eigenvalue weighted by Crippen LogP contribution is -2.46. The number of hydrogen-bond acceptors (Lipinski definition) is 5. The SMILES string of the molecule is Clc1cc(Cl)cc(CN2CCN(c3nc4ccccc4nc3NC3CC3)CC2)c1. The maximum Gasteiger partial charge on any atom is 0.172 e. The van der Waals surface area contributed by atoms with E-state index in [1.165, 1.54) is 12.8 Å². The summed E-state index contributed by atoms with van der Waals surface area (Å²) in [5, 5.41) is 4.96. The van der Waals surface area contributed by atoms with Gasteiger partial charge in [0, 0.05) is 48.8 Å². The summed E-state index contributed by atoms with van der Waals surface area (Å²) >= 11 is 12.3. The fourth-order valence-electron chi connectivity index (χ4n) is 3.81. The number of rotatable bonds is 5. The molecule has 0 radical (unpaired) electrons. The second-order valence-corrected chi connectivity index (χ2v) is 8.72. The molecule has 0 bridgehead atoms. The van der Waals surface area contributed by atoms with Crippen LogP contribution in [0.15, 0.2) is 42.5 Å². The average Bonchev–Trinajstić information content (AvgIpc) is 3.51. The predicted octanol–water partition coefficient (Wildman–Crippen LogP) is 4.83. The highest BCUT2D eigenvalue weighted by atomic mass is 35.5. The first-order valence-corrected chi connectivity index (χ1v) is 10.9. The lowest BCUT2D eigenvalue weighted by molar-refractivity contribution is 0.249. The number of halogens is 2. The van der Waals surface area contributed by atoms with Crippen molar-refractivity contribution in [3.63, 3.8) is 0 Å². The minimum Gasteiger partial charge on any atom is -0.364 e. The third kappa shape index (κ3) is 4.42. The molecule has 1 saturated heterocycles. The van der Waals surface area contributed by atoms with Gasteiger partial charge in [0.1, 0.15) is 0 Å². The molecule has 150 valence electrons. The van der Waals surface area contributed by atoms with Crippen LogP contribution in [0.4, 0.5) is 11.6 Å². The smallest absolute Gasteiger partial charge is 0.172 e. The Morgan fingerprint density at radius 2 is 1.55 bits per heavy atom. The van der Waals surface area contributed by atoms with Gasteiger partial charge in [-0.15, -0.1) is 0 Å². The Morgan fingerprint density at radius 3 is 2.21 bits per heavy atom. The van der Waals surface area contributed by atoms with Crippen molar-refractivity contribution in [2.45, 2.75) is 25.4 Å². The van der Waals surface area contributed by atoms with Crippen LogP contribution < -0.4 is 10.2 Å². The van der Waals surface area contributed by atoms with Gasteiger partial charge in [-0.2, -0.15) is 0 Å². The molecule has 5 nitrogen and oxygen atoms in total. The molecule has 29 heavy (non-hydrogen) atoms. The van der Waals surface area contributed by atoms with Crippen LogP contribution in [0.5, 0.6) is 0 Å². The van der Waals surface area contributed by atoms with Crippen molar-refractivity contribution < 1.29 is 0 Å². The molecule has 2 aromatic carbocycles. The van der Waals surface area contributed by atoms with E-state index in [-0.39, 0.29) is 0 Å². The average molecular weight is 428 g/mol. The van der Waals surface area contributed by atoms with Crippen molar-refractivity contribution in [2.24, 2.45) is 0 Å². The Hall–Kier alpha value is -2.08. The fourth-order valence-corrected chi connectivity index (χ4v) is 4.38. The normalized spacial score (nSPS) is 17.7. The zero-order valence-electron chi connectivity index (χ0n) is 16.1. The summed E-state index contributed by atoms with van der Waals surface area (Å²) < 4.78 is 0. The molecule has 0 atom stereocenters. The Morgan fingerprint density at radius 1 is 0.897 bits per heavy atom. The number of aromatic nitrogens is 2. The first-order chi connectivity index (χ1) is 14.1. The maximum absolute atomic E-state index is 6.15. The van der Waals surface area contributed by atoms with Crippen LogP contribution in [0, 0.1) is 0 Å². The second-order valence-electron chi connectivity index (χ2n) is 7.84. The van der Waals surface area contributed by atoms with Crippen molar-refractivity contribution in [1.29, 1.82) is 0 Å². The standard InChI is InChI=1S/C22H23Cl2N5/c23-16-11-15(12-17(24)13-16)14-28-7-9-29(10-8-28)22-21(25-18-5-6-18)26-19-3-1-2-4-20(19)27-22/h1-4,11-13,18H,5-10,14H2,(H,25,26). The molecular formula is C22H23Cl2N5. The molecule has 1 aliphatic heterocycles. The Kier molecular flexibility index (Phi) is 5.20. The van der Waals surface area contributed by atoms with E-state index in [0.29, 0.717) is 16.1 Å². The quantitative estimate of drug-likeness (QED) is 0.631. The maximum atomic E-state index is 6.15. The van der Waals surface area contributed by atoms with Gasteiger partial charge < -0.3 is 10.2 Å². The monoisotopic (exact) mass is 427 g/mol. The molecule has 0 unspecified atom stereocenters. The minimum atomic E-state index is 0.540. The number of nitrogens with zero attached hydrogens (tertiary/aromatic N) is 4. The minimum absolute atomic E-state index is 0.540. The van der Waals surface area contributed by atoms with Crippen LogP contribution in [-0.4, -0.2) is 47.1 Å². The van der Waals surface area contributed by atoms with Crippen molar-refractivity contribution in [1.82, 2.24) is 14.9 Å². The van der Waals surface area contributed by atoms with E-state index in [0.717, 1.165) is 61.0 Å². The summed E-state index contributed by atoms with van der Waals surface area (Å²) in [5.41, 5.74) is 3.04. The molecule has 3 aromatic rings. The van der Waals surface area contributed by atoms with E-state index in [1.54, 1.807) is 6.07 Å². The molecule has 7 heteroatoms. The molecule has 0 amide bonds. The van der Waals surface area contributed by atoms with Crippen molar-refractivity contribution >= 4 is 45.9 Å². The van der Waals surface area contributed by atoms with Crippen molar-refractivity contribution in [2.75, 3.05) is 36.4 Å². The van der Waals surface area contributed by atoms with Crippen LogP contribution in [0.2, 0.25) is 10.0 Å². The van der Waals surface area contributed by atoms with Gasteiger partial charge in [0.05, 0.1) is 11.0 Å². The molecule has 1 aliphatic carbocycles. The van der Waals surface area contributed by atoms with Crippen LogP contribution >= 0.6 is 23.2 Å². The van der Waals surface area contributed by atoms with Crippen LogP contribution in [-0.2, 0) is 6.54 Å². The predicted molar refractivity (Wildman–Crippen MR) is 120 cm³/mol. The molecule has 0 spiro atoms. The number of hydrogen-bond donors (Lipinski definition) is 1. The molecule has 2 fully saturated rings. The number of piperazine rings is 1. The highest BCUT2D eigenvalue weighted by molar-refractivity contribution is 6.34. The summed E-state index contributed by atoms with van der Waals surface area (Å²) in [6.45, 7) is 4.61.